The van der Waals surface area contributed by atoms with Gasteiger partial charge in [-0.3, -0.25) is 0 Å². The largest absolute Gasteiger partial charge is 0.356 e. The van der Waals surface area contributed by atoms with Crippen molar-refractivity contribution in [2.24, 2.45) is 0 Å². The second-order valence-electron chi connectivity index (χ2n) is 4.30. The lowest BCUT2D eigenvalue weighted by Gasteiger charge is -2.00. The van der Waals surface area contributed by atoms with Gasteiger partial charge in [-0.05, 0) is 13.0 Å². The van der Waals surface area contributed by atoms with Crippen LogP contribution in [0.5, 0.6) is 0 Å². The van der Waals surface area contributed by atoms with E-state index < -0.39 is 0 Å². The van der Waals surface area contributed by atoms with E-state index in [9.17, 15) is 0 Å². The molecule has 2 N–H and O–H groups in total. The maximum atomic E-state index is 6.32. The van der Waals surface area contributed by atoms with E-state index in [1.165, 1.54) is 0 Å². The number of nitrogens with one attached hydrogen (secondary N) is 2. The number of hydrogen-bond acceptors (Lipinski definition) is 4. The normalized spacial score (nSPS) is 11.3. The van der Waals surface area contributed by atoms with Crippen molar-refractivity contribution < 1.29 is 4.52 Å². The van der Waals surface area contributed by atoms with Crippen LogP contribution in [0.15, 0.2) is 28.8 Å². The average molecular weight is 277 g/mol. The SMILES string of the molecule is Cc1noc(CNCc2[nH]c3ccccc3c2Cl)n1. The summed E-state index contributed by atoms with van der Waals surface area (Å²) in [5.41, 5.74) is 2.00. The Bertz CT molecular complexity index is 704. The minimum Gasteiger partial charge on any atom is -0.356 e. The van der Waals surface area contributed by atoms with Gasteiger partial charge in [0.25, 0.3) is 0 Å². The van der Waals surface area contributed by atoms with Crippen LogP contribution in [0.3, 0.4) is 0 Å². The smallest absolute Gasteiger partial charge is 0.240 e. The average Bonchev–Trinajstić information content (AvgIpc) is 2.96. The molecule has 19 heavy (non-hydrogen) atoms. The molecule has 0 aliphatic heterocycles. The second-order valence-corrected chi connectivity index (χ2v) is 4.68. The molecule has 0 unspecified atom stereocenters. The molecular weight excluding hydrogens is 264 g/mol. The summed E-state index contributed by atoms with van der Waals surface area (Å²) >= 11 is 6.32. The number of rotatable bonds is 4. The number of benzene rings is 1. The molecular formula is C13H13ClN4O. The van der Waals surface area contributed by atoms with Crippen LogP contribution in [-0.4, -0.2) is 15.1 Å². The zero-order valence-corrected chi connectivity index (χ0v) is 11.2. The van der Waals surface area contributed by atoms with Gasteiger partial charge >= 0.3 is 0 Å². The van der Waals surface area contributed by atoms with Crippen LogP contribution in [0.4, 0.5) is 0 Å². The van der Waals surface area contributed by atoms with E-state index in [0.29, 0.717) is 24.8 Å². The van der Waals surface area contributed by atoms with Gasteiger partial charge < -0.3 is 14.8 Å². The summed E-state index contributed by atoms with van der Waals surface area (Å²) in [6.45, 7) is 2.93. The van der Waals surface area contributed by atoms with Crippen molar-refractivity contribution in [3.05, 3.63) is 46.7 Å². The molecule has 98 valence electrons. The van der Waals surface area contributed by atoms with Gasteiger partial charge in [0.15, 0.2) is 5.82 Å². The zero-order chi connectivity index (χ0) is 13.2. The molecule has 0 saturated carbocycles. The monoisotopic (exact) mass is 276 g/mol. The van der Waals surface area contributed by atoms with E-state index in [2.05, 4.69) is 20.4 Å². The van der Waals surface area contributed by atoms with Gasteiger partial charge in [-0.15, -0.1) is 0 Å². The van der Waals surface area contributed by atoms with Gasteiger partial charge in [0, 0.05) is 23.1 Å². The molecule has 0 amide bonds. The molecule has 0 radical (unpaired) electrons. The maximum Gasteiger partial charge on any atom is 0.240 e. The number of aromatic amines is 1. The lowest BCUT2D eigenvalue weighted by Crippen LogP contribution is -2.13. The molecule has 0 atom stereocenters. The molecule has 1 aromatic carbocycles. The second kappa shape index (κ2) is 5.03. The summed E-state index contributed by atoms with van der Waals surface area (Å²) in [4.78, 5) is 7.42. The van der Waals surface area contributed by atoms with Crippen LogP contribution >= 0.6 is 11.6 Å². The molecule has 0 aliphatic carbocycles. The molecule has 0 bridgehead atoms. The molecule has 0 spiro atoms. The Kier molecular flexibility index (Phi) is 3.23. The fourth-order valence-corrected chi connectivity index (χ4v) is 2.27. The predicted molar refractivity (Wildman–Crippen MR) is 72.9 cm³/mol. The highest BCUT2D eigenvalue weighted by molar-refractivity contribution is 6.36. The molecule has 6 heteroatoms. The van der Waals surface area contributed by atoms with E-state index >= 15 is 0 Å². The number of hydrogen-bond donors (Lipinski definition) is 2. The molecule has 2 aromatic heterocycles. The Morgan fingerprint density at radius 3 is 2.89 bits per heavy atom. The Hall–Kier alpha value is -1.85. The van der Waals surface area contributed by atoms with Crippen molar-refractivity contribution in [1.29, 1.82) is 0 Å². The third-order valence-corrected chi connectivity index (χ3v) is 3.29. The number of aromatic nitrogens is 3. The third kappa shape index (κ3) is 2.47. The van der Waals surface area contributed by atoms with Crippen LogP contribution in [0.1, 0.15) is 17.4 Å². The van der Waals surface area contributed by atoms with Gasteiger partial charge in [0.1, 0.15) is 0 Å². The van der Waals surface area contributed by atoms with Crippen LogP contribution in [0.2, 0.25) is 5.02 Å². The van der Waals surface area contributed by atoms with E-state index in [1.807, 2.05) is 24.3 Å². The van der Waals surface area contributed by atoms with Crippen molar-refractivity contribution >= 4 is 22.5 Å². The van der Waals surface area contributed by atoms with Crippen LogP contribution in [-0.2, 0) is 13.1 Å². The van der Waals surface area contributed by atoms with Crippen molar-refractivity contribution in [3.8, 4) is 0 Å². The minimum absolute atomic E-state index is 0.520. The van der Waals surface area contributed by atoms with Gasteiger partial charge in [0.2, 0.25) is 5.89 Å². The summed E-state index contributed by atoms with van der Waals surface area (Å²) < 4.78 is 5.02. The summed E-state index contributed by atoms with van der Waals surface area (Å²) in [5, 5.41) is 8.75. The predicted octanol–water partition coefficient (Wildman–Crippen LogP) is 2.80. The molecule has 5 nitrogen and oxygen atoms in total. The fourth-order valence-electron chi connectivity index (χ4n) is 1.99. The number of aryl methyl sites for hydroxylation is 1. The molecule has 3 aromatic rings. The first-order valence-electron chi connectivity index (χ1n) is 5.99. The van der Waals surface area contributed by atoms with Crippen LogP contribution < -0.4 is 5.32 Å². The Labute approximate surface area is 115 Å². The minimum atomic E-state index is 0.520. The highest BCUT2D eigenvalue weighted by atomic mass is 35.5. The Morgan fingerprint density at radius 2 is 2.16 bits per heavy atom. The van der Waals surface area contributed by atoms with Gasteiger partial charge in [-0.25, -0.2) is 0 Å². The van der Waals surface area contributed by atoms with Crippen molar-refractivity contribution in [3.63, 3.8) is 0 Å². The first-order chi connectivity index (χ1) is 9.24. The summed E-state index contributed by atoms with van der Waals surface area (Å²) in [7, 11) is 0. The maximum absolute atomic E-state index is 6.32. The quantitative estimate of drug-likeness (QED) is 0.769. The molecule has 0 saturated heterocycles. The zero-order valence-electron chi connectivity index (χ0n) is 10.4. The first-order valence-corrected chi connectivity index (χ1v) is 6.37. The summed E-state index contributed by atoms with van der Waals surface area (Å²) in [6.07, 6.45) is 0. The van der Waals surface area contributed by atoms with Crippen molar-refractivity contribution in [2.75, 3.05) is 0 Å². The molecule has 0 aliphatic rings. The number of para-hydroxylation sites is 1. The summed E-state index contributed by atoms with van der Waals surface area (Å²) in [6, 6.07) is 7.96. The Morgan fingerprint density at radius 1 is 1.32 bits per heavy atom. The van der Waals surface area contributed by atoms with Gasteiger partial charge in [-0.2, -0.15) is 4.98 Å². The van der Waals surface area contributed by atoms with Crippen LogP contribution in [0.25, 0.3) is 10.9 Å². The third-order valence-electron chi connectivity index (χ3n) is 2.86. The number of nitrogens with zero attached hydrogens (tertiary/aromatic N) is 2. The standard InChI is InChI=1S/C13H13ClN4O/c1-8-16-12(19-18-8)7-15-6-11-13(14)9-4-2-3-5-10(9)17-11/h2-5,15,17H,6-7H2,1H3. The highest BCUT2D eigenvalue weighted by Crippen LogP contribution is 2.26. The van der Waals surface area contributed by atoms with E-state index in [4.69, 9.17) is 16.1 Å². The number of halogens is 1. The fraction of sp³-hybridized carbons (Fsp3) is 0.231. The van der Waals surface area contributed by atoms with Gasteiger partial charge in [0.05, 0.1) is 11.6 Å². The van der Waals surface area contributed by atoms with E-state index in [-0.39, 0.29) is 0 Å². The van der Waals surface area contributed by atoms with E-state index in [1.54, 1.807) is 6.92 Å². The highest BCUT2D eigenvalue weighted by Gasteiger charge is 2.09. The lowest BCUT2D eigenvalue weighted by molar-refractivity contribution is 0.364. The lowest BCUT2D eigenvalue weighted by atomic mass is 10.2. The number of fused-ring (bicyclic) bond motifs is 1. The molecule has 2 heterocycles. The Balaban J connectivity index is 1.70. The topological polar surface area (TPSA) is 66.7 Å². The molecule has 3 rings (SSSR count). The summed E-state index contributed by atoms with van der Waals surface area (Å²) in [5.74, 6) is 1.21. The van der Waals surface area contributed by atoms with Gasteiger partial charge in [-0.1, -0.05) is 35.0 Å². The van der Waals surface area contributed by atoms with E-state index in [0.717, 1.165) is 21.6 Å². The molecule has 0 fully saturated rings. The van der Waals surface area contributed by atoms with Crippen molar-refractivity contribution in [2.45, 2.75) is 20.0 Å². The van der Waals surface area contributed by atoms with Crippen molar-refractivity contribution in [1.82, 2.24) is 20.4 Å². The number of H-pyrrole nitrogens is 1. The first kappa shape index (κ1) is 12.2. The van der Waals surface area contributed by atoms with Crippen LogP contribution in [0, 0.1) is 6.92 Å².